The Morgan fingerprint density at radius 1 is 1.26 bits per heavy atom. The molecule has 0 spiro atoms. The van der Waals surface area contributed by atoms with Crippen molar-refractivity contribution >= 4 is 28.5 Å². The summed E-state index contributed by atoms with van der Waals surface area (Å²) in [5.74, 6) is 0.552. The van der Waals surface area contributed by atoms with E-state index < -0.39 is 0 Å². The second-order valence-electron chi connectivity index (χ2n) is 7.30. The third-order valence-corrected chi connectivity index (χ3v) is 5.41. The average molecular weight is 359 g/mol. The number of rotatable bonds is 4. The zero-order chi connectivity index (χ0) is 19.1. The van der Waals surface area contributed by atoms with Crippen LogP contribution in [0.15, 0.2) is 60.8 Å². The molecule has 0 unspecified atom stereocenters. The van der Waals surface area contributed by atoms with Gasteiger partial charge in [0.25, 0.3) is 5.91 Å². The molecule has 0 radical (unpaired) electrons. The van der Waals surface area contributed by atoms with Crippen LogP contribution in [0, 0.1) is 5.92 Å². The molecule has 138 valence electrons. The highest BCUT2D eigenvalue weighted by atomic mass is 16.2. The van der Waals surface area contributed by atoms with Crippen LogP contribution >= 0.6 is 0 Å². The number of nitrogens with two attached hydrogens (primary N) is 1. The van der Waals surface area contributed by atoms with Crippen LogP contribution in [-0.2, 0) is 0 Å². The summed E-state index contributed by atoms with van der Waals surface area (Å²) in [4.78, 5) is 16.8. The maximum absolute atomic E-state index is 12.9. The lowest BCUT2D eigenvalue weighted by atomic mass is 9.93. The van der Waals surface area contributed by atoms with Crippen molar-refractivity contribution in [2.45, 2.75) is 19.8 Å². The van der Waals surface area contributed by atoms with Crippen LogP contribution in [0.3, 0.4) is 0 Å². The third-order valence-electron chi connectivity index (χ3n) is 5.41. The number of anilines is 3. The number of carbonyl (C=O) groups excluding carboxylic acids is 1. The van der Waals surface area contributed by atoms with E-state index >= 15 is 0 Å². The normalized spacial score (nSPS) is 16.0. The average Bonchev–Trinajstić information content (AvgIpc) is 3.51. The Labute approximate surface area is 160 Å². The Morgan fingerprint density at radius 2 is 2.04 bits per heavy atom. The number of nitrogens with zero attached hydrogens (tertiary/aromatic N) is 2. The Balaban J connectivity index is 1.72. The lowest BCUT2D eigenvalue weighted by Gasteiger charge is -2.32. The van der Waals surface area contributed by atoms with Gasteiger partial charge in [-0.3, -0.25) is 4.79 Å². The topological polar surface area (TPSA) is 49.6 Å². The highest BCUT2D eigenvalue weighted by Crippen LogP contribution is 2.48. The van der Waals surface area contributed by atoms with E-state index in [0.29, 0.717) is 17.2 Å². The van der Waals surface area contributed by atoms with Crippen LogP contribution < -0.4 is 15.5 Å². The molecule has 27 heavy (non-hydrogen) atoms. The molecule has 0 bridgehead atoms. The van der Waals surface area contributed by atoms with Gasteiger partial charge in [0, 0.05) is 47.5 Å². The third kappa shape index (κ3) is 3.12. The van der Waals surface area contributed by atoms with Crippen molar-refractivity contribution in [3.05, 3.63) is 71.9 Å². The van der Waals surface area contributed by atoms with Gasteiger partial charge in [-0.15, -0.1) is 0 Å². The van der Waals surface area contributed by atoms with Gasteiger partial charge in [0.2, 0.25) is 0 Å². The molecule has 1 amide bonds. The molecule has 4 rings (SSSR count). The zero-order valence-corrected chi connectivity index (χ0v) is 15.9. The Morgan fingerprint density at radius 3 is 2.70 bits per heavy atom. The second kappa shape index (κ2) is 6.62. The molecule has 1 heterocycles. The molecule has 1 fully saturated rings. The number of fused-ring (bicyclic) bond motifs is 1. The first-order chi connectivity index (χ1) is 13.0. The Bertz CT molecular complexity index is 956. The van der Waals surface area contributed by atoms with Crippen LogP contribution in [0.25, 0.3) is 5.57 Å². The van der Waals surface area contributed by atoms with Gasteiger partial charge in [-0.25, -0.2) is 0 Å². The first-order valence-corrected chi connectivity index (χ1v) is 9.45. The number of amides is 1. The molecule has 2 N–H and O–H groups in total. The predicted octanol–water partition coefficient (Wildman–Crippen LogP) is 4.69. The summed E-state index contributed by atoms with van der Waals surface area (Å²) in [5.41, 5.74) is 12.7. The van der Waals surface area contributed by atoms with Gasteiger partial charge >= 0.3 is 0 Å². The number of hydrogen-bond donors (Lipinski definition) is 1. The predicted molar refractivity (Wildman–Crippen MR) is 113 cm³/mol. The molecule has 2 aromatic carbocycles. The number of hydrogen-bond acceptors (Lipinski definition) is 3. The molecule has 2 aromatic rings. The Hall–Kier alpha value is -3.01. The summed E-state index contributed by atoms with van der Waals surface area (Å²) in [6.45, 7) is 7.24. The molecule has 4 nitrogen and oxygen atoms in total. The lowest BCUT2D eigenvalue weighted by Crippen LogP contribution is -2.28. The summed E-state index contributed by atoms with van der Waals surface area (Å²) in [6, 6.07) is 13.4. The number of allylic oxidation sites excluding steroid dienone is 2. The van der Waals surface area contributed by atoms with Gasteiger partial charge in [0.15, 0.2) is 0 Å². The molecule has 0 atom stereocenters. The molecule has 2 aliphatic rings. The van der Waals surface area contributed by atoms with Crippen molar-refractivity contribution in [1.82, 2.24) is 0 Å². The summed E-state index contributed by atoms with van der Waals surface area (Å²) in [5, 5.41) is 0. The van der Waals surface area contributed by atoms with E-state index in [2.05, 4.69) is 36.6 Å². The minimum atomic E-state index is -0.0632. The van der Waals surface area contributed by atoms with E-state index in [0.717, 1.165) is 17.9 Å². The van der Waals surface area contributed by atoms with Gasteiger partial charge in [0.1, 0.15) is 0 Å². The van der Waals surface area contributed by atoms with Crippen LogP contribution in [0.5, 0.6) is 0 Å². The van der Waals surface area contributed by atoms with Crippen molar-refractivity contribution in [3.63, 3.8) is 0 Å². The van der Waals surface area contributed by atoms with Crippen molar-refractivity contribution in [1.29, 1.82) is 0 Å². The number of nitrogen functional groups attached to an aromatic ring is 1. The summed E-state index contributed by atoms with van der Waals surface area (Å²) < 4.78 is 0. The standard InChI is InChI=1S/C23H25N3O/c1-4-26-15(2)12-20(16-8-9-16)21-14-19(10-11-22(21)26)25(3)23(27)17-6-5-7-18(24)13-17/h5-7,10-14,16H,2,4,8-9,24H2,1,3H3. The lowest BCUT2D eigenvalue weighted by molar-refractivity contribution is 0.0993. The summed E-state index contributed by atoms with van der Waals surface area (Å²) >= 11 is 0. The van der Waals surface area contributed by atoms with E-state index in [1.165, 1.54) is 29.7 Å². The smallest absolute Gasteiger partial charge is 0.258 e. The van der Waals surface area contributed by atoms with Gasteiger partial charge < -0.3 is 15.5 Å². The molecular formula is C23H25N3O. The Kier molecular flexibility index (Phi) is 4.27. The minimum Gasteiger partial charge on any atom is -0.399 e. The van der Waals surface area contributed by atoms with Crippen LogP contribution in [0.1, 0.15) is 35.7 Å². The first kappa shape index (κ1) is 17.4. The van der Waals surface area contributed by atoms with Gasteiger partial charge in [-0.1, -0.05) is 12.6 Å². The SMILES string of the molecule is C=C1C=C(C2CC2)c2cc(N(C)C(=O)c3cccc(N)c3)ccc2N1CC. The second-order valence-corrected chi connectivity index (χ2v) is 7.30. The summed E-state index contributed by atoms with van der Waals surface area (Å²) in [6.07, 6.45) is 4.67. The van der Waals surface area contributed by atoms with Gasteiger partial charge in [0.05, 0.1) is 0 Å². The van der Waals surface area contributed by atoms with E-state index in [9.17, 15) is 4.79 Å². The maximum Gasteiger partial charge on any atom is 0.258 e. The van der Waals surface area contributed by atoms with E-state index in [-0.39, 0.29) is 5.91 Å². The van der Waals surface area contributed by atoms with Gasteiger partial charge in [-0.2, -0.15) is 0 Å². The first-order valence-electron chi connectivity index (χ1n) is 9.45. The molecule has 1 saturated carbocycles. The molecule has 1 aliphatic heterocycles. The minimum absolute atomic E-state index is 0.0632. The molecule has 0 aromatic heterocycles. The van der Waals surface area contributed by atoms with Crippen molar-refractivity contribution in [2.75, 3.05) is 29.1 Å². The van der Waals surface area contributed by atoms with Crippen molar-refractivity contribution in [3.8, 4) is 0 Å². The molecular weight excluding hydrogens is 334 g/mol. The molecule has 0 saturated heterocycles. The highest BCUT2D eigenvalue weighted by molar-refractivity contribution is 6.06. The van der Waals surface area contributed by atoms with Crippen LogP contribution in [0.4, 0.5) is 17.1 Å². The van der Waals surface area contributed by atoms with Crippen LogP contribution in [-0.4, -0.2) is 19.5 Å². The fraction of sp³-hybridized carbons (Fsp3) is 0.261. The van der Waals surface area contributed by atoms with Gasteiger partial charge in [-0.05, 0) is 73.7 Å². The maximum atomic E-state index is 12.9. The number of carbonyl (C=O) groups is 1. The fourth-order valence-corrected chi connectivity index (χ4v) is 3.78. The fourth-order valence-electron chi connectivity index (χ4n) is 3.78. The van der Waals surface area contributed by atoms with Crippen molar-refractivity contribution in [2.24, 2.45) is 5.92 Å². The summed E-state index contributed by atoms with van der Waals surface area (Å²) in [7, 11) is 1.81. The quantitative estimate of drug-likeness (QED) is 0.806. The number of likely N-dealkylation sites (N-methyl/N-ethyl adjacent to an activating group) is 1. The zero-order valence-electron chi connectivity index (χ0n) is 15.9. The van der Waals surface area contributed by atoms with E-state index in [1.807, 2.05) is 19.2 Å². The number of benzene rings is 2. The highest BCUT2D eigenvalue weighted by Gasteiger charge is 2.32. The van der Waals surface area contributed by atoms with Crippen LogP contribution in [0.2, 0.25) is 0 Å². The largest absolute Gasteiger partial charge is 0.399 e. The van der Waals surface area contributed by atoms with E-state index in [4.69, 9.17) is 5.73 Å². The van der Waals surface area contributed by atoms with Crippen molar-refractivity contribution < 1.29 is 4.79 Å². The van der Waals surface area contributed by atoms with E-state index in [1.54, 1.807) is 23.1 Å². The monoisotopic (exact) mass is 359 g/mol. The molecule has 4 heteroatoms. The molecule has 1 aliphatic carbocycles.